The average molecular weight is 423 g/mol. The number of nitrogens with one attached hydrogen (secondary N) is 2. The Balaban J connectivity index is 1.95. The highest BCUT2D eigenvalue weighted by Crippen LogP contribution is 2.25. The smallest absolute Gasteiger partial charge is 0.238 e. The number of carbonyl (C=O) groups is 1. The van der Waals surface area contributed by atoms with Crippen molar-refractivity contribution in [2.75, 3.05) is 18.1 Å². The number of sulfone groups is 1. The van der Waals surface area contributed by atoms with E-state index in [1.807, 2.05) is 6.92 Å². The van der Waals surface area contributed by atoms with Gasteiger partial charge in [-0.1, -0.05) is 49.7 Å². The Morgan fingerprint density at radius 3 is 2.29 bits per heavy atom. The van der Waals surface area contributed by atoms with Crippen LogP contribution in [0.2, 0.25) is 5.02 Å². The van der Waals surface area contributed by atoms with E-state index in [1.54, 1.807) is 0 Å². The van der Waals surface area contributed by atoms with E-state index in [4.69, 9.17) is 11.6 Å². The van der Waals surface area contributed by atoms with Crippen LogP contribution in [0.5, 0.6) is 0 Å². The van der Waals surface area contributed by atoms with Crippen LogP contribution in [0.1, 0.15) is 37.9 Å². The predicted octanol–water partition coefficient (Wildman–Crippen LogP) is 4.23. The van der Waals surface area contributed by atoms with E-state index in [0.717, 1.165) is 18.2 Å². The molecule has 0 aromatic heterocycles. The minimum absolute atomic E-state index is 0.00308. The molecule has 0 bridgehead atoms. The van der Waals surface area contributed by atoms with Crippen molar-refractivity contribution in [3.8, 4) is 0 Å². The van der Waals surface area contributed by atoms with Crippen molar-refractivity contribution in [1.82, 2.24) is 5.32 Å². The van der Waals surface area contributed by atoms with E-state index in [0.29, 0.717) is 5.92 Å². The first kappa shape index (κ1) is 22.4. The Bertz CT molecular complexity index is 925. The lowest BCUT2D eigenvalue weighted by Gasteiger charge is -2.15. The first-order valence-corrected chi connectivity index (χ1v) is 11.4. The van der Waals surface area contributed by atoms with Crippen LogP contribution in [0.3, 0.4) is 0 Å². The highest BCUT2D eigenvalue weighted by atomic mass is 35.5. The SMILES string of the molecule is CC(C)Cc1ccc([C@H](C)NCC(=O)Nc2cc(S(C)(=O)=O)ccc2Cl)cc1. The maximum Gasteiger partial charge on any atom is 0.238 e. The lowest BCUT2D eigenvalue weighted by molar-refractivity contribution is -0.115. The maximum absolute atomic E-state index is 12.3. The summed E-state index contributed by atoms with van der Waals surface area (Å²) in [6, 6.07) is 12.6. The molecular weight excluding hydrogens is 396 g/mol. The first-order chi connectivity index (χ1) is 13.1. The minimum Gasteiger partial charge on any atom is -0.324 e. The Labute approximate surface area is 172 Å². The largest absolute Gasteiger partial charge is 0.324 e. The molecule has 0 radical (unpaired) electrons. The van der Waals surface area contributed by atoms with Crippen molar-refractivity contribution >= 4 is 33.0 Å². The molecule has 0 saturated carbocycles. The van der Waals surface area contributed by atoms with Gasteiger partial charge in [-0.05, 0) is 48.6 Å². The van der Waals surface area contributed by atoms with E-state index in [9.17, 15) is 13.2 Å². The van der Waals surface area contributed by atoms with Gasteiger partial charge in [-0.15, -0.1) is 0 Å². The van der Waals surface area contributed by atoms with E-state index in [2.05, 4.69) is 48.7 Å². The van der Waals surface area contributed by atoms with Gasteiger partial charge in [0.1, 0.15) is 0 Å². The summed E-state index contributed by atoms with van der Waals surface area (Å²) in [5.41, 5.74) is 2.67. The Hall–Kier alpha value is -1.89. The fraction of sp³-hybridized carbons (Fsp3) is 0.381. The molecule has 0 fully saturated rings. The monoisotopic (exact) mass is 422 g/mol. The van der Waals surface area contributed by atoms with Crippen LogP contribution >= 0.6 is 11.6 Å². The number of amides is 1. The summed E-state index contributed by atoms with van der Waals surface area (Å²) in [6.07, 6.45) is 2.15. The standard InChI is InChI=1S/C21H27ClN2O3S/c1-14(2)11-16-5-7-17(8-6-16)15(3)23-13-21(25)24-20-12-18(28(4,26)27)9-10-19(20)22/h5-10,12,14-15,23H,11,13H2,1-4H3,(H,24,25)/t15-/m0/s1. The molecule has 2 N–H and O–H groups in total. The molecule has 5 nitrogen and oxygen atoms in total. The summed E-state index contributed by atoms with van der Waals surface area (Å²) < 4.78 is 23.3. The lowest BCUT2D eigenvalue weighted by Crippen LogP contribution is -2.30. The number of hydrogen-bond donors (Lipinski definition) is 2. The highest BCUT2D eigenvalue weighted by Gasteiger charge is 2.13. The second-order valence-corrected chi connectivity index (χ2v) is 9.83. The predicted molar refractivity (Wildman–Crippen MR) is 115 cm³/mol. The lowest BCUT2D eigenvalue weighted by atomic mass is 10.00. The van der Waals surface area contributed by atoms with Gasteiger partial charge in [0.25, 0.3) is 0 Å². The number of benzene rings is 2. The molecule has 0 unspecified atom stereocenters. The van der Waals surface area contributed by atoms with Crippen LogP contribution in [-0.2, 0) is 21.1 Å². The number of hydrogen-bond acceptors (Lipinski definition) is 4. The summed E-state index contributed by atoms with van der Waals surface area (Å²) in [5.74, 6) is 0.314. The normalized spacial score (nSPS) is 12.8. The van der Waals surface area contributed by atoms with Crippen LogP contribution < -0.4 is 10.6 Å². The molecule has 2 aromatic rings. The zero-order valence-corrected chi connectivity index (χ0v) is 18.2. The van der Waals surface area contributed by atoms with Crippen molar-refractivity contribution in [3.63, 3.8) is 0 Å². The van der Waals surface area contributed by atoms with Gasteiger partial charge in [0.15, 0.2) is 9.84 Å². The van der Waals surface area contributed by atoms with Crippen molar-refractivity contribution < 1.29 is 13.2 Å². The van der Waals surface area contributed by atoms with E-state index in [-0.39, 0.29) is 34.1 Å². The van der Waals surface area contributed by atoms with Gasteiger partial charge in [-0.25, -0.2) is 8.42 Å². The molecule has 1 amide bonds. The first-order valence-electron chi connectivity index (χ1n) is 9.18. The molecule has 0 aliphatic carbocycles. The quantitative estimate of drug-likeness (QED) is 0.667. The summed E-state index contributed by atoms with van der Waals surface area (Å²) in [6.45, 7) is 6.44. The van der Waals surface area contributed by atoms with Gasteiger partial charge < -0.3 is 10.6 Å². The van der Waals surface area contributed by atoms with Crippen LogP contribution in [0.25, 0.3) is 0 Å². The summed E-state index contributed by atoms with van der Waals surface area (Å²) in [4.78, 5) is 12.4. The van der Waals surface area contributed by atoms with Gasteiger partial charge in [0, 0.05) is 12.3 Å². The molecule has 0 aliphatic heterocycles. The second-order valence-electron chi connectivity index (χ2n) is 7.40. The third-order valence-corrected chi connectivity index (χ3v) is 5.77. The highest BCUT2D eigenvalue weighted by molar-refractivity contribution is 7.90. The molecule has 0 saturated heterocycles. The summed E-state index contributed by atoms with van der Waals surface area (Å²) in [7, 11) is -3.38. The molecule has 7 heteroatoms. The molecule has 2 rings (SSSR count). The number of rotatable bonds is 8. The zero-order valence-electron chi connectivity index (χ0n) is 16.6. The van der Waals surface area contributed by atoms with Crippen LogP contribution in [-0.4, -0.2) is 27.1 Å². The van der Waals surface area contributed by atoms with E-state index in [1.165, 1.54) is 23.8 Å². The Morgan fingerprint density at radius 2 is 1.71 bits per heavy atom. The average Bonchev–Trinajstić information content (AvgIpc) is 2.60. The number of anilines is 1. The fourth-order valence-electron chi connectivity index (χ4n) is 2.80. The topological polar surface area (TPSA) is 75.3 Å². The van der Waals surface area contributed by atoms with Crippen LogP contribution in [0.15, 0.2) is 47.4 Å². The van der Waals surface area contributed by atoms with E-state index < -0.39 is 9.84 Å². The van der Waals surface area contributed by atoms with Crippen molar-refractivity contribution in [2.24, 2.45) is 5.92 Å². The molecule has 28 heavy (non-hydrogen) atoms. The van der Waals surface area contributed by atoms with Crippen molar-refractivity contribution in [3.05, 3.63) is 58.6 Å². The third-order valence-electron chi connectivity index (χ3n) is 4.33. The Morgan fingerprint density at radius 1 is 1.07 bits per heavy atom. The number of carbonyl (C=O) groups excluding carboxylic acids is 1. The van der Waals surface area contributed by atoms with Crippen molar-refractivity contribution in [1.29, 1.82) is 0 Å². The van der Waals surface area contributed by atoms with Gasteiger partial charge >= 0.3 is 0 Å². The van der Waals surface area contributed by atoms with Gasteiger partial charge in [-0.3, -0.25) is 4.79 Å². The molecule has 2 aromatic carbocycles. The second kappa shape index (κ2) is 9.54. The maximum atomic E-state index is 12.3. The summed E-state index contributed by atoms with van der Waals surface area (Å²) >= 11 is 6.07. The van der Waals surface area contributed by atoms with Crippen molar-refractivity contribution in [2.45, 2.75) is 38.1 Å². The van der Waals surface area contributed by atoms with Gasteiger partial charge in [0.2, 0.25) is 5.91 Å². The molecule has 1 atom stereocenters. The molecule has 0 spiro atoms. The fourth-order valence-corrected chi connectivity index (χ4v) is 3.61. The number of halogens is 1. The van der Waals surface area contributed by atoms with Crippen LogP contribution in [0, 0.1) is 5.92 Å². The van der Waals surface area contributed by atoms with E-state index >= 15 is 0 Å². The molecule has 152 valence electrons. The molecule has 0 heterocycles. The Kier molecular flexibility index (Phi) is 7.63. The zero-order chi connectivity index (χ0) is 20.9. The van der Waals surface area contributed by atoms with Crippen LogP contribution in [0.4, 0.5) is 5.69 Å². The molecular formula is C21H27ClN2O3S. The third kappa shape index (κ3) is 6.62. The molecule has 0 aliphatic rings. The van der Waals surface area contributed by atoms with Gasteiger partial charge in [0.05, 0.1) is 22.2 Å². The summed E-state index contributed by atoms with van der Waals surface area (Å²) in [5, 5.41) is 6.12. The van der Waals surface area contributed by atoms with Gasteiger partial charge in [-0.2, -0.15) is 0 Å². The minimum atomic E-state index is -3.38.